The first-order chi connectivity index (χ1) is 7.36. The van der Waals surface area contributed by atoms with Gasteiger partial charge < -0.3 is 10.3 Å². The van der Waals surface area contributed by atoms with Crippen molar-refractivity contribution in [3.8, 4) is 10.8 Å². The average molecular weight is 221 g/mol. The Kier molecular flexibility index (Phi) is 2.07. The summed E-state index contributed by atoms with van der Waals surface area (Å²) in [5, 5.41) is 3.79. The summed E-state index contributed by atoms with van der Waals surface area (Å²) in [5.74, 6) is 1.17. The molecule has 4 nitrogen and oxygen atoms in total. The van der Waals surface area contributed by atoms with Crippen molar-refractivity contribution in [1.29, 1.82) is 0 Å². The molecular weight excluding hydrogens is 210 g/mol. The third-order valence-electron chi connectivity index (χ3n) is 2.61. The minimum Gasteiger partial charge on any atom is -0.333 e. The minimum atomic E-state index is 0.328. The van der Waals surface area contributed by atoms with Crippen molar-refractivity contribution in [2.24, 2.45) is 5.73 Å². The van der Waals surface area contributed by atoms with Crippen molar-refractivity contribution < 1.29 is 4.52 Å². The van der Waals surface area contributed by atoms with E-state index in [1.165, 1.54) is 29.7 Å². The summed E-state index contributed by atoms with van der Waals surface area (Å²) in [6, 6.07) is 2.17. The second-order valence-corrected chi connectivity index (χ2v) is 4.77. The molecule has 0 atom stereocenters. The third-order valence-corrected chi connectivity index (χ3v) is 3.83. The van der Waals surface area contributed by atoms with E-state index in [9.17, 15) is 0 Å². The Morgan fingerprint density at radius 3 is 3.13 bits per heavy atom. The summed E-state index contributed by atoms with van der Waals surface area (Å²) in [6.45, 7) is 0.328. The molecule has 2 heterocycles. The van der Waals surface area contributed by atoms with Crippen molar-refractivity contribution in [2.45, 2.75) is 25.8 Å². The van der Waals surface area contributed by atoms with Crippen LogP contribution in [-0.4, -0.2) is 10.1 Å². The number of aromatic nitrogens is 2. The van der Waals surface area contributed by atoms with E-state index in [-0.39, 0.29) is 0 Å². The molecule has 5 heteroatoms. The highest BCUT2D eigenvalue weighted by molar-refractivity contribution is 7.15. The molecule has 3 rings (SSSR count). The number of aryl methyl sites for hydroxylation is 2. The molecule has 0 amide bonds. The zero-order chi connectivity index (χ0) is 10.3. The lowest BCUT2D eigenvalue weighted by Gasteiger charge is -1.86. The first kappa shape index (κ1) is 9.06. The smallest absolute Gasteiger partial charge is 0.268 e. The van der Waals surface area contributed by atoms with Crippen LogP contribution < -0.4 is 5.73 Å². The van der Waals surface area contributed by atoms with Gasteiger partial charge in [0.25, 0.3) is 5.89 Å². The van der Waals surface area contributed by atoms with Crippen LogP contribution in [-0.2, 0) is 19.4 Å². The zero-order valence-corrected chi connectivity index (χ0v) is 9.01. The molecule has 78 valence electrons. The highest BCUT2D eigenvalue weighted by Gasteiger charge is 2.18. The normalized spacial score (nSPS) is 14.5. The van der Waals surface area contributed by atoms with Crippen LogP contribution in [0.15, 0.2) is 10.6 Å². The molecule has 0 saturated heterocycles. The molecule has 0 spiro atoms. The molecule has 0 radical (unpaired) electrons. The Morgan fingerprint density at radius 2 is 2.40 bits per heavy atom. The van der Waals surface area contributed by atoms with Gasteiger partial charge in [0.15, 0.2) is 5.82 Å². The summed E-state index contributed by atoms with van der Waals surface area (Å²) in [7, 11) is 0. The Bertz CT molecular complexity index is 467. The van der Waals surface area contributed by atoms with E-state index >= 15 is 0 Å². The first-order valence-corrected chi connectivity index (χ1v) is 5.83. The lowest BCUT2D eigenvalue weighted by atomic mass is 10.2. The van der Waals surface area contributed by atoms with Crippen LogP contribution in [0.4, 0.5) is 0 Å². The Labute approximate surface area is 91.1 Å². The molecule has 0 unspecified atom stereocenters. The molecule has 0 aliphatic heterocycles. The van der Waals surface area contributed by atoms with Gasteiger partial charge in [-0.25, -0.2) is 0 Å². The summed E-state index contributed by atoms with van der Waals surface area (Å²) < 4.78 is 5.15. The molecule has 0 aromatic carbocycles. The number of hydrogen-bond donors (Lipinski definition) is 1. The zero-order valence-electron chi connectivity index (χ0n) is 8.19. The molecule has 15 heavy (non-hydrogen) atoms. The largest absolute Gasteiger partial charge is 0.333 e. The van der Waals surface area contributed by atoms with E-state index in [0.29, 0.717) is 18.3 Å². The van der Waals surface area contributed by atoms with Gasteiger partial charge in [-0.2, -0.15) is 4.98 Å². The maximum atomic E-state index is 5.43. The number of rotatable bonds is 2. The molecule has 0 saturated carbocycles. The summed E-state index contributed by atoms with van der Waals surface area (Å²) in [4.78, 5) is 6.77. The molecule has 2 aromatic rings. The van der Waals surface area contributed by atoms with Crippen molar-refractivity contribution >= 4 is 11.3 Å². The Hall–Kier alpha value is -1.20. The quantitative estimate of drug-likeness (QED) is 0.839. The number of hydrogen-bond acceptors (Lipinski definition) is 5. The standard InChI is InChI=1S/C10H11N3OS/c11-5-9-12-10(14-13-9)8-4-6-2-1-3-7(6)15-8/h4H,1-3,5,11H2. The van der Waals surface area contributed by atoms with Gasteiger partial charge in [-0.05, 0) is 30.9 Å². The van der Waals surface area contributed by atoms with Crippen molar-refractivity contribution in [3.63, 3.8) is 0 Å². The van der Waals surface area contributed by atoms with Gasteiger partial charge in [0.2, 0.25) is 0 Å². The molecule has 2 aromatic heterocycles. The van der Waals surface area contributed by atoms with Crippen LogP contribution in [0.2, 0.25) is 0 Å². The topological polar surface area (TPSA) is 64.9 Å². The molecular formula is C10H11N3OS. The van der Waals surface area contributed by atoms with Crippen LogP contribution in [0.5, 0.6) is 0 Å². The highest BCUT2D eigenvalue weighted by atomic mass is 32.1. The maximum absolute atomic E-state index is 5.43. The van der Waals surface area contributed by atoms with Crippen molar-refractivity contribution in [1.82, 2.24) is 10.1 Å². The van der Waals surface area contributed by atoms with Gasteiger partial charge in [-0.1, -0.05) is 5.16 Å². The van der Waals surface area contributed by atoms with E-state index in [2.05, 4.69) is 16.2 Å². The molecule has 1 aliphatic carbocycles. The molecule has 1 aliphatic rings. The third kappa shape index (κ3) is 1.48. The molecule has 0 fully saturated rings. The van der Waals surface area contributed by atoms with E-state index in [0.717, 1.165) is 4.88 Å². The van der Waals surface area contributed by atoms with Gasteiger partial charge >= 0.3 is 0 Å². The van der Waals surface area contributed by atoms with Gasteiger partial charge in [0.05, 0.1) is 11.4 Å². The monoisotopic (exact) mass is 221 g/mol. The number of thiophene rings is 1. The fraction of sp³-hybridized carbons (Fsp3) is 0.400. The number of nitrogens with two attached hydrogens (primary N) is 1. The van der Waals surface area contributed by atoms with Crippen LogP contribution in [0, 0.1) is 0 Å². The van der Waals surface area contributed by atoms with Gasteiger partial charge in [0.1, 0.15) is 0 Å². The van der Waals surface area contributed by atoms with Crippen molar-refractivity contribution in [2.75, 3.05) is 0 Å². The Balaban J connectivity index is 1.98. The predicted octanol–water partition coefficient (Wildman–Crippen LogP) is 1.75. The summed E-state index contributed by atoms with van der Waals surface area (Å²) in [6.07, 6.45) is 3.65. The van der Waals surface area contributed by atoms with E-state index in [4.69, 9.17) is 10.3 Å². The fourth-order valence-electron chi connectivity index (χ4n) is 1.87. The minimum absolute atomic E-state index is 0.328. The SMILES string of the molecule is NCc1noc(-c2cc3c(s2)CCC3)n1. The predicted molar refractivity (Wildman–Crippen MR) is 57.5 cm³/mol. The second-order valence-electron chi connectivity index (χ2n) is 3.63. The Morgan fingerprint density at radius 1 is 1.47 bits per heavy atom. The summed E-state index contributed by atoms with van der Waals surface area (Å²) >= 11 is 1.76. The van der Waals surface area contributed by atoms with E-state index in [1.807, 2.05) is 0 Å². The fourth-order valence-corrected chi connectivity index (χ4v) is 3.05. The van der Waals surface area contributed by atoms with Crippen LogP contribution in [0.25, 0.3) is 10.8 Å². The van der Waals surface area contributed by atoms with Gasteiger partial charge in [-0.3, -0.25) is 0 Å². The number of fused-ring (bicyclic) bond motifs is 1. The maximum Gasteiger partial charge on any atom is 0.268 e. The molecule has 0 bridgehead atoms. The molecule has 2 N–H and O–H groups in total. The summed E-state index contributed by atoms with van der Waals surface area (Å²) in [5.41, 5.74) is 6.88. The van der Waals surface area contributed by atoms with Gasteiger partial charge in [0, 0.05) is 4.88 Å². The van der Waals surface area contributed by atoms with E-state index in [1.54, 1.807) is 11.3 Å². The van der Waals surface area contributed by atoms with Crippen molar-refractivity contribution in [3.05, 3.63) is 22.3 Å². The first-order valence-electron chi connectivity index (χ1n) is 5.01. The van der Waals surface area contributed by atoms with Crippen LogP contribution in [0.1, 0.15) is 22.7 Å². The number of nitrogens with zero attached hydrogens (tertiary/aromatic N) is 2. The highest BCUT2D eigenvalue weighted by Crippen LogP contribution is 2.35. The van der Waals surface area contributed by atoms with Crippen LogP contribution in [0.3, 0.4) is 0 Å². The van der Waals surface area contributed by atoms with Gasteiger partial charge in [-0.15, -0.1) is 11.3 Å². The average Bonchev–Trinajstić information content (AvgIpc) is 2.91. The van der Waals surface area contributed by atoms with Crippen LogP contribution >= 0.6 is 11.3 Å². The second kappa shape index (κ2) is 3.43. The van der Waals surface area contributed by atoms with E-state index < -0.39 is 0 Å². The lowest BCUT2D eigenvalue weighted by Crippen LogP contribution is -1.97. The lowest BCUT2D eigenvalue weighted by molar-refractivity contribution is 0.423.